The van der Waals surface area contributed by atoms with Gasteiger partial charge in [0.25, 0.3) is 0 Å². The quantitative estimate of drug-likeness (QED) is 0.644. The molecule has 0 bridgehead atoms. The van der Waals surface area contributed by atoms with Gasteiger partial charge in [0.1, 0.15) is 0 Å². The van der Waals surface area contributed by atoms with E-state index in [1.54, 1.807) is 11.8 Å². The van der Waals surface area contributed by atoms with E-state index >= 15 is 0 Å². The lowest BCUT2D eigenvalue weighted by Crippen LogP contribution is -2.04. The van der Waals surface area contributed by atoms with Gasteiger partial charge in [-0.2, -0.15) is 0 Å². The van der Waals surface area contributed by atoms with Crippen LogP contribution in [0.25, 0.3) is 0 Å². The summed E-state index contributed by atoms with van der Waals surface area (Å²) in [6.45, 7) is 7.11. The lowest BCUT2D eigenvalue weighted by Gasteiger charge is -2.06. The Labute approximate surface area is 148 Å². The number of hydrogen-bond donors (Lipinski definition) is 1. The van der Waals surface area contributed by atoms with Gasteiger partial charge < -0.3 is 5.32 Å². The maximum absolute atomic E-state index is 4.23. The van der Waals surface area contributed by atoms with Gasteiger partial charge in [-0.3, -0.25) is 0 Å². The molecule has 0 aliphatic carbocycles. The van der Waals surface area contributed by atoms with Crippen molar-refractivity contribution in [2.45, 2.75) is 43.8 Å². The molecule has 7 nitrogen and oxygen atoms in total. The van der Waals surface area contributed by atoms with Crippen LogP contribution in [0.1, 0.15) is 30.3 Å². The number of nitrogens with zero attached hydrogens (tertiary/aromatic N) is 6. The van der Waals surface area contributed by atoms with E-state index in [0.717, 1.165) is 33.9 Å². The first kappa shape index (κ1) is 16.8. The smallest absolute Gasteiger partial charge is 0.210 e. The fourth-order valence-electron chi connectivity index (χ4n) is 2.23. The molecule has 0 spiro atoms. The number of aryl methyl sites for hydroxylation is 3. The van der Waals surface area contributed by atoms with E-state index in [1.807, 2.05) is 4.68 Å². The topological polar surface area (TPSA) is 81.4 Å². The number of rotatable bonds is 7. The van der Waals surface area contributed by atoms with Gasteiger partial charge in [0.15, 0.2) is 10.2 Å². The number of tetrazole rings is 1. The summed E-state index contributed by atoms with van der Waals surface area (Å²) in [5.41, 5.74) is 3.50. The van der Waals surface area contributed by atoms with Gasteiger partial charge in [0.05, 0.1) is 5.75 Å². The summed E-state index contributed by atoms with van der Waals surface area (Å²) in [5.74, 6) is 1.55. The van der Waals surface area contributed by atoms with Crippen LogP contribution in [0.4, 0.5) is 10.8 Å². The van der Waals surface area contributed by atoms with Crippen LogP contribution in [0, 0.1) is 13.8 Å². The Hall–Kier alpha value is -2.00. The zero-order chi connectivity index (χ0) is 16.9. The fraction of sp³-hybridized carbons (Fsp3) is 0.400. The SMILES string of the molecule is CCCn1nnnc1CSc1nnc(Nc2ccc(C)cc2C)s1. The van der Waals surface area contributed by atoms with Gasteiger partial charge in [-0.25, -0.2) is 4.68 Å². The molecule has 3 rings (SSSR count). The molecule has 0 saturated heterocycles. The minimum atomic E-state index is 0.686. The molecule has 0 fully saturated rings. The van der Waals surface area contributed by atoms with Gasteiger partial charge >= 0.3 is 0 Å². The standard InChI is InChI=1S/C15H19N7S2/c1-4-7-22-13(17-20-21-22)9-23-15-19-18-14(24-15)16-12-6-5-10(2)8-11(12)3/h5-6,8H,4,7,9H2,1-3H3,(H,16,18). The highest BCUT2D eigenvalue weighted by Gasteiger charge is 2.10. The highest BCUT2D eigenvalue weighted by Crippen LogP contribution is 2.30. The lowest BCUT2D eigenvalue weighted by atomic mass is 10.1. The summed E-state index contributed by atoms with van der Waals surface area (Å²) >= 11 is 3.13. The maximum Gasteiger partial charge on any atom is 0.210 e. The van der Waals surface area contributed by atoms with Crippen molar-refractivity contribution in [3.8, 4) is 0 Å². The summed E-state index contributed by atoms with van der Waals surface area (Å²) in [6, 6.07) is 6.30. The van der Waals surface area contributed by atoms with Crippen LogP contribution in [-0.2, 0) is 12.3 Å². The minimum Gasteiger partial charge on any atom is -0.330 e. The molecule has 1 N–H and O–H groups in total. The second-order valence-electron chi connectivity index (χ2n) is 5.42. The number of anilines is 2. The Kier molecular flexibility index (Phi) is 5.41. The number of nitrogens with one attached hydrogen (secondary N) is 1. The van der Waals surface area contributed by atoms with Crippen molar-refractivity contribution in [2.75, 3.05) is 5.32 Å². The van der Waals surface area contributed by atoms with Crippen LogP contribution >= 0.6 is 23.1 Å². The number of benzene rings is 1. The molecular formula is C15H19N7S2. The third-order valence-electron chi connectivity index (χ3n) is 3.40. The molecular weight excluding hydrogens is 342 g/mol. The molecule has 126 valence electrons. The van der Waals surface area contributed by atoms with Gasteiger partial charge in [-0.05, 0) is 42.3 Å². The van der Waals surface area contributed by atoms with Crippen molar-refractivity contribution < 1.29 is 0 Å². The van der Waals surface area contributed by atoms with E-state index in [2.05, 4.69) is 70.0 Å². The van der Waals surface area contributed by atoms with Gasteiger partial charge in [-0.15, -0.1) is 15.3 Å². The van der Waals surface area contributed by atoms with Crippen LogP contribution in [0.2, 0.25) is 0 Å². The Morgan fingerprint density at radius 2 is 2.08 bits per heavy atom. The first-order valence-corrected chi connectivity index (χ1v) is 9.51. The van der Waals surface area contributed by atoms with Crippen molar-refractivity contribution in [3.05, 3.63) is 35.2 Å². The Morgan fingerprint density at radius 3 is 2.88 bits per heavy atom. The Bertz CT molecular complexity index is 812. The maximum atomic E-state index is 4.23. The average Bonchev–Trinajstić information content (AvgIpc) is 3.18. The fourth-order valence-corrected chi connectivity index (χ4v) is 3.92. The lowest BCUT2D eigenvalue weighted by molar-refractivity contribution is 0.564. The van der Waals surface area contributed by atoms with Crippen LogP contribution in [-0.4, -0.2) is 30.4 Å². The summed E-state index contributed by atoms with van der Waals surface area (Å²) < 4.78 is 2.73. The average molecular weight is 362 g/mol. The molecule has 0 amide bonds. The third-order valence-corrected chi connectivity index (χ3v) is 5.36. The normalized spacial score (nSPS) is 11.0. The first-order valence-electron chi connectivity index (χ1n) is 7.71. The summed E-state index contributed by atoms with van der Waals surface area (Å²) in [4.78, 5) is 0. The summed E-state index contributed by atoms with van der Waals surface area (Å²) in [7, 11) is 0. The zero-order valence-corrected chi connectivity index (χ0v) is 15.5. The number of thioether (sulfide) groups is 1. The highest BCUT2D eigenvalue weighted by molar-refractivity contribution is 8.00. The van der Waals surface area contributed by atoms with Gasteiger partial charge in [-0.1, -0.05) is 47.7 Å². The van der Waals surface area contributed by atoms with E-state index in [4.69, 9.17) is 0 Å². The number of hydrogen-bond acceptors (Lipinski definition) is 8. The Balaban J connectivity index is 1.62. The molecule has 0 aliphatic heterocycles. The molecule has 0 unspecified atom stereocenters. The zero-order valence-electron chi connectivity index (χ0n) is 13.9. The molecule has 24 heavy (non-hydrogen) atoms. The molecule has 3 aromatic rings. The van der Waals surface area contributed by atoms with Crippen molar-refractivity contribution in [3.63, 3.8) is 0 Å². The molecule has 0 saturated carbocycles. The molecule has 2 heterocycles. The molecule has 0 radical (unpaired) electrons. The number of aromatic nitrogens is 6. The second-order valence-corrected chi connectivity index (χ2v) is 7.62. The first-order chi connectivity index (χ1) is 11.7. The van der Waals surface area contributed by atoms with Crippen molar-refractivity contribution in [2.24, 2.45) is 0 Å². The van der Waals surface area contributed by atoms with E-state index in [0.29, 0.717) is 5.75 Å². The predicted octanol–water partition coefficient (Wildman–Crippen LogP) is 3.59. The minimum absolute atomic E-state index is 0.686. The molecule has 2 aromatic heterocycles. The van der Waals surface area contributed by atoms with Crippen molar-refractivity contribution in [1.29, 1.82) is 0 Å². The van der Waals surface area contributed by atoms with E-state index in [1.165, 1.54) is 22.5 Å². The second kappa shape index (κ2) is 7.71. The van der Waals surface area contributed by atoms with Crippen LogP contribution in [0.5, 0.6) is 0 Å². The molecule has 9 heteroatoms. The van der Waals surface area contributed by atoms with Crippen molar-refractivity contribution >= 4 is 33.9 Å². The molecule has 1 aromatic carbocycles. The monoisotopic (exact) mass is 361 g/mol. The van der Waals surface area contributed by atoms with Crippen LogP contribution in [0.3, 0.4) is 0 Å². The highest BCUT2D eigenvalue weighted by atomic mass is 32.2. The predicted molar refractivity (Wildman–Crippen MR) is 96.8 cm³/mol. The molecule has 0 atom stereocenters. The van der Waals surface area contributed by atoms with Crippen molar-refractivity contribution in [1.82, 2.24) is 30.4 Å². The summed E-state index contributed by atoms with van der Waals surface area (Å²) in [5, 5.41) is 24.4. The van der Waals surface area contributed by atoms with Gasteiger partial charge in [0, 0.05) is 12.2 Å². The van der Waals surface area contributed by atoms with Crippen LogP contribution in [0.15, 0.2) is 22.5 Å². The van der Waals surface area contributed by atoms with Gasteiger partial charge in [0.2, 0.25) is 5.13 Å². The van der Waals surface area contributed by atoms with E-state index < -0.39 is 0 Å². The summed E-state index contributed by atoms with van der Waals surface area (Å²) in [6.07, 6.45) is 1.01. The largest absolute Gasteiger partial charge is 0.330 e. The van der Waals surface area contributed by atoms with E-state index in [-0.39, 0.29) is 0 Å². The Morgan fingerprint density at radius 1 is 1.21 bits per heavy atom. The van der Waals surface area contributed by atoms with E-state index in [9.17, 15) is 0 Å². The molecule has 0 aliphatic rings. The third kappa shape index (κ3) is 4.09. The van der Waals surface area contributed by atoms with Crippen LogP contribution < -0.4 is 5.32 Å².